The number of aromatic amines is 1. The van der Waals surface area contributed by atoms with Gasteiger partial charge in [-0.1, -0.05) is 24.3 Å². The molecule has 7 heteroatoms. The summed E-state index contributed by atoms with van der Waals surface area (Å²) >= 11 is 0. The molecule has 1 aromatic heterocycles. The summed E-state index contributed by atoms with van der Waals surface area (Å²) in [6, 6.07) is 17.7. The molecule has 0 unspecified atom stereocenters. The first-order chi connectivity index (χ1) is 16.3. The second kappa shape index (κ2) is 8.57. The minimum atomic E-state index is -0.726. The summed E-state index contributed by atoms with van der Waals surface area (Å²) in [5.74, 6) is -1.26. The predicted molar refractivity (Wildman–Crippen MR) is 134 cm³/mol. The van der Waals surface area contributed by atoms with Gasteiger partial charge in [0.15, 0.2) is 5.43 Å². The Morgan fingerprint density at radius 2 is 1.68 bits per heavy atom. The van der Waals surface area contributed by atoms with Crippen LogP contribution in [0, 0.1) is 5.82 Å². The zero-order valence-corrected chi connectivity index (χ0v) is 19.2. The summed E-state index contributed by atoms with van der Waals surface area (Å²) in [6.45, 7) is 7.61. The van der Waals surface area contributed by atoms with E-state index in [9.17, 15) is 14.0 Å². The van der Waals surface area contributed by atoms with Gasteiger partial charge in [0, 0.05) is 48.2 Å². The van der Waals surface area contributed by atoms with Crippen molar-refractivity contribution >= 4 is 33.4 Å². The second-order valence-corrected chi connectivity index (χ2v) is 9.24. The van der Waals surface area contributed by atoms with Crippen LogP contribution in [0.4, 0.5) is 10.1 Å². The topological polar surface area (TPSA) is 77.2 Å². The number of anilines is 1. The number of rotatable bonds is 4. The van der Waals surface area contributed by atoms with Gasteiger partial charge < -0.3 is 20.5 Å². The van der Waals surface area contributed by atoms with E-state index in [1.165, 1.54) is 6.07 Å². The van der Waals surface area contributed by atoms with E-state index in [4.69, 9.17) is 0 Å². The van der Waals surface area contributed by atoms with Gasteiger partial charge >= 0.3 is 0 Å². The number of amides is 1. The number of carbonyl (C=O) groups excluding carboxylic acids is 1. The van der Waals surface area contributed by atoms with E-state index in [1.54, 1.807) is 18.2 Å². The minimum absolute atomic E-state index is 0.107. The van der Waals surface area contributed by atoms with Crippen LogP contribution in [-0.2, 0) is 5.54 Å². The highest BCUT2D eigenvalue weighted by atomic mass is 19.1. The Kier molecular flexibility index (Phi) is 5.57. The lowest BCUT2D eigenvalue weighted by molar-refractivity contribution is 0.0908. The number of hydrogen-bond donors (Lipinski definition) is 3. The molecular weight excluding hydrogens is 431 g/mol. The number of fused-ring (bicyclic) bond motifs is 2. The van der Waals surface area contributed by atoms with Crippen LogP contribution in [0.5, 0.6) is 0 Å². The van der Waals surface area contributed by atoms with Gasteiger partial charge in [-0.15, -0.1) is 0 Å². The fourth-order valence-corrected chi connectivity index (χ4v) is 4.55. The molecule has 1 aliphatic heterocycles. The van der Waals surface area contributed by atoms with Gasteiger partial charge in [-0.05, 0) is 55.8 Å². The monoisotopic (exact) mass is 458 g/mol. The highest BCUT2D eigenvalue weighted by molar-refractivity contribution is 6.00. The lowest BCUT2D eigenvalue weighted by Crippen LogP contribution is -2.43. The maximum atomic E-state index is 15.0. The van der Waals surface area contributed by atoms with E-state index < -0.39 is 17.3 Å². The van der Waals surface area contributed by atoms with Crippen molar-refractivity contribution in [2.24, 2.45) is 0 Å². The Labute approximate surface area is 196 Å². The van der Waals surface area contributed by atoms with Gasteiger partial charge in [-0.2, -0.15) is 0 Å². The first kappa shape index (κ1) is 22.1. The number of nitrogens with zero attached hydrogens (tertiary/aromatic N) is 1. The van der Waals surface area contributed by atoms with Crippen LogP contribution in [0.3, 0.4) is 0 Å². The largest absolute Gasteiger partial charge is 0.369 e. The first-order valence-corrected chi connectivity index (χ1v) is 11.5. The maximum Gasteiger partial charge on any atom is 0.255 e. The maximum absolute atomic E-state index is 15.0. The molecule has 3 aromatic carbocycles. The normalized spacial score (nSPS) is 14.5. The Balaban J connectivity index is 1.42. The fourth-order valence-electron chi connectivity index (χ4n) is 4.55. The van der Waals surface area contributed by atoms with E-state index in [0.717, 1.165) is 43.5 Å². The fraction of sp³-hybridized carbons (Fsp3) is 0.259. The van der Waals surface area contributed by atoms with Gasteiger partial charge in [0.2, 0.25) is 0 Å². The number of para-hydroxylation sites is 1. The van der Waals surface area contributed by atoms with Gasteiger partial charge in [0.05, 0.1) is 16.6 Å². The van der Waals surface area contributed by atoms with Crippen molar-refractivity contribution in [1.29, 1.82) is 0 Å². The van der Waals surface area contributed by atoms with Crippen LogP contribution in [-0.4, -0.2) is 37.1 Å². The number of piperazine rings is 1. The number of halogens is 1. The molecular formula is C27H27FN4O2. The lowest BCUT2D eigenvalue weighted by atomic mass is 9.93. The molecule has 0 saturated carbocycles. The number of pyridine rings is 1. The number of hydrogen-bond acceptors (Lipinski definition) is 4. The molecule has 4 aromatic rings. The van der Waals surface area contributed by atoms with Crippen molar-refractivity contribution in [1.82, 2.24) is 15.6 Å². The van der Waals surface area contributed by atoms with Crippen LogP contribution < -0.4 is 21.0 Å². The molecule has 1 fully saturated rings. The molecule has 1 aliphatic rings. The third-order valence-electron chi connectivity index (χ3n) is 6.53. The summed E-state index contributed by atoms with van der Waals surface area (Å²) in [4.78, 5) is 31.4. The van der Waals surface area contributed by atoms with Crippen molar-refractivity contribution in [3.63, 3.8) is 0 Å². The van der Waals surface area contributed by atoms with Crippen LogP contribution >= 0.6 is 0 Å². The standard InChI is InChI=1S/C27H27FN4O2/c1-27(2,17-7-9-18(10-8-17)32-13-11-29-12-14-32)31-26(34)20-16-24-21(15-22(20)28)25(33)19-5-3-4-6-23(19)30-24/h3-10,15-16,29H,11-14H2,1-2H3,(H,30,33)(H,31,34). The molecule has 0 bridgehead atoms. The SMILES string of the molecule is CC(C)(NC(=O)c1cc2[nH]c3ccccc3c(=O)c2cc1F)c1ccc(N2CCNCC2)cc1. The van der Waals surface area contributed by atoms with Crippen LogP contribution in [0.1, 0.15) is 29.8 Å². The third kappa shape index (κ3) is 4.03. The molecule has 174 valence electrons. The minimum Gasteiger partial charge on any atom is -0.369 e. The smallest absolute Gasteiger partial charge is 0.255 e. The van der Waals surface area contributed by atoms with Crippen molar-refractivity contribution in [3.8, 4) is 0 Å². The van der Waals surface area contributed by atoms with Crippen LogP contribution in [0.25, 0.3) is 21.8 Å². The average molecular weight is 459 g/mol. The summed E-state index contributed by atoms with van der Waals surface area (Å²) in [7, 11) is 0. The van der Waals surface area contributed by atoms with Crippen LogP contribution in [0.15, 0.2) is 65.5 Å². The quantitative estimate of drug-likeness (QED) is 0.406. The number of benzene rings is 3. The van der Waals surface area contributed by atoms with Crippen molar-refractivity contribution in [3.05, 3.63) is 87.8 Å². The average Bonchev–Trinajstić information content (AvgIpc) is 2.85. The highest BCUT2D eigenvalue weighted by Gasteiger charge is 2.26. The summed E-state index contributed by atoms with van der Waals surface area (Å²) < 4.78 is 15.0. The van der Waals surface area contributed by atoms with E-state index in [1.807, 2.05) is 32.0 Å². The van der Waals surface area contributed by atoms with Crippen molar-refractivity contribution in [2.75, 3.05) is 31.1 Å². The predicted octanol–water partition coefficient (Wildman–Crippen LogP) is 3.90. The molecule has 0 aliphatic carbocycles. The van der Waals surface area contributed by atoms with Gasteiger partial charge in [0.1, 0.15) is 5.82 Å². The molecule has 2 heterocycles. The third-order valence-corrected chi connectivity index (χ3v) is 6.53. The zero-order valence-electron chi connectivity index (χ0n) is 19.2. The zero-order chi connectivity index (χ0) is 23.9. The Hall–Kier alpha value is -3.71. The Bertz CT molecular complexity index is 1440. The molecule has 3 N–H and O–H groups in total. The highest BCUT2D eigenvalue weighted by Crippen LogP contribution is 2.25. The Morgan fingerprint density at radius 3 is 2.41 bits per heavy atom. The van der Waals surface area contributed by atoms with E-state index in [2.05, 4.69) is 32.7 Å². The van der Waals surface area contributed by atoms with Gasteiger partial charge in [-0.3, -0.25) is 9.59 Å². The number of nitrogens with one attached hydrogen (secondary N) is 3. The van der Waals surface area contributed by atoms with Gasteiger partial charge in [0.25, 0.3) is 5.91 Å². The molecule has 1 saturated heterocycles. The molecule has 0 atom stereocenters. The van der Waals surface area contributed by atoms with Gasteiger partial charge in [-0.25, -0.2) is 4.39 Å². The number of H-pyrrole nitrogens is 1. The molecule has 0 spiro atoms. The number of carbonyl (C=O) groups is 1. The lowest BCUT2D eigenvalue weighted by Gasteiger charge is -2.31. The van der Waals surface area contributed by atoms with Crippen molar-refractivity contribution < 1.29 is 9.18 Å². The molecule has 0 radical (unpaired) electrons. The van der Waals surface area contributed by atoms with Crippen molar-refractivity contribution in [2.45, 2.75) is 19.4 Å². The molecule has 34 heavy (non-hydrogen) atoms. The molecule has 6 nitrogen and oxygen atoms in total. The first-order valence-electron chi connectivity index (χ1n) is 11.5. The van der Waals surface area contributed by atoms with E-state index >= 15 is 0 Å². The molecule has 1 amide bonds. The summed E-state index contributed by atoms with van der Waals surface area (Å²) in [5, 5.41) is 7.00. The van der Waals surface area contributed by atoms with E-state index in [0.29, 0.717) is 16.4 Å². The summed E-state index contributed by atoms with van der Waals surface area (Å²) in [6.07, 6.45) is 0. The summed E-state index contributed by atoms with van der Waals surface area (Å²) in [5.41, 5.74) is 2.03. The van der Waals surface area contributed by atoms with E-state index in [-0.39, 0.29) is 16.4 Å². The number of aromatic nitrogens is 1. The molecule has 5 rings (SSSR count). The second-order valence-electron chi connectivity index (χ2n) is 9.24. The van der Waals surface area contributed by atoms with Crippen LogP contribution in [0.2, 0.25) is 0 Å². The Morgan fingerprint density at radius 1 is 0.971 bits per heavy atom.